The molecular formula is C19H13ClN2OS2. The summed E-state index contributed by atoms with van der Waals surface area (Å²) in [6.45, 7) is 1.97. The van der Waals surface area contributed by atoms with Crippen molar-refractivity contribution in [2.75, 3.05) is 0 Å². The van der Waals surface area contributed by atoms with E-state index in [-0.39, 0.29) is 5.88 Å². The molecule has 1 aliphatic rings. The molecule has 0 amide bonds. The average Bonchev–Trinajstić information content (AvgIpc) is 3.06. The number of rotatable bonds is 2. The van der Waals surface area contributed by atoms with Crippen molar-refractivity contribution in [3.05, 3.63) is 67.9 Å². The van der Waals surface area contributed by atoms with E-state index in [1.54, 1.807) is 16.7 Å². The standard InChI is InChI=1S/C19H13ClN2OS2/c1-11-15(14-4-2-3-5-16(14)21-11)10-17-18(23)22(19(24)25-17)13-8-6-12(20)7-9-13/h2-10,23H,1H3. The lowest BCUT2D eigenvalue weighted by Gasteiger charge is -2.05. The van der Waals surface area contributed by atoms with Gasteiger partial charge < -0.3 is 5.11 Å². The Morgan fingerprint density at radius 3 is 2.64 bits per heavy atom. The van der Waals surface area contributed by atoms with E-state index in [1.807, 2.05) is 49.4 Å². The average molecular weight is 385 g/mol. The Hall–Kier alpha value is -2.21. The van der Waals surface area contributed by atoms with Gasteiger partial charge in [-0.05, 0) is 55.5 Å². The number of fused-ring (bicyclic) bond motifs is 1. The molecule has 124 valence electrons. The van der Waals surface area contributed by atoms with Crippen LogP contribution < -0.4 is 0 Å². The van der Waals surface area contributed by atoms with Gasteiger partial charge in [-0.25, -0.2) is 0 Å². The van der Waals surface area contributed by atoms with Crippen LogP contribution in [0.5, 0.6) is 5.88 Å². The molecule has 3 aromatic rings. The van der Waals surface area contributed by atoms with Gasteiger partial charge in [0.1, 0.15) is 0 Å². The van der Waals surface area contributed by atoms with Crippen molar-refractivity contribution in [1.82, 2.24) is 4.57 Å². The first-order valence-electron chi connectivity index (χ1n) is 7.62. The maximum Gasteiger partial charge on any atom is 0.215 e. The van der Waals surface area contributed by atoms with Gasteiger partial charge in [0.05, 0.1) is 16.3 Å². The summed E-state index contributed by atoms with van der Waals surface area (Å²) in [4.78, 5) is 5.29. The summed E-state index contributed by atoms with van der Waals surface area (Å²) >= 11 is 12.8. The second kappa shape index (κ2) is 6.26. The highest BCUT2D eigenvalue weighted by molar-refractivity contribution is 7.73. The van der Waals surface area contributed by atoms with Gasteiger partial charge >= 0.3 is 0 Å². The molecule has 0 fully saturated rings. The van der Waals surface area contributed by atoms with E-state index in [1.165, 1.54) is 11.3 Å². The molecule has 3 nitrogen and oxygen atoms in total. The Bertz CT molecular complexity index is 1090. The van der Waals surface area contributed by atoms with Crippen molar-refractivity contribution in [1.29, 1.82) is 0 Å². The number of benzene rings is 2. The summed E-state index contributed by atoms with van der Waals surface area (Å²) in [5, 5.41) is 11.4. The van der Waals surface area contributed by atoms with Crippen LogP contribution >= 0.6 is 35.2 Å². The molecule has 0 radical (unpaired) electrons. The van der Waals surface area contributed by atoms with Gasteiger partial charge in [0.25, 0.3) is 0 Å². The molecule has 0 spiro atoms. The molecule has 1 aliphatic heterocycles. The van der Waals surface area contributed by atoms with E-state index < -0.39 is 0 Å². The molecule has 0 saturated heterocycles. The van der Waals surface area contributed by atoms with E-state index in [4.69, 9.17) is 23.8 Å². The molecular weight excluding hydrogens is 372 g/mol. The number of thiazole rings is 1. The van der Waals surface area contributed by atoms with Crippen molar-refractivity contribution in [2.24, 2.45) is 4.99 Å². The van der Waals surface area contributed by atoms with Gasteiger partial charge in [0, 0.05) is 21.9 Å². The molecule has 25 heavy (non-hydrogen) atoms. The molecule has 2 heterocycles. The summed E-state index contributed by atoms with van der Waals surface area (Å²) in [5.41, 5.74) is 4.73. The zero-order valence-electron chi connectivity index (χ0n) is 13.2. The van der Waals surface area contributed by atoms with Crippen LogP contribution in [-0.4, -0.2) is 15.4 Å². The van der Waals surface area contributed by atoms with Crippen LogP contribution in [0.1, 0.15) is 17.4 Å². The number of allylic oxidation sites excluding steroid dienone is 1. The van der Waals surface area contributed by atoms with Crippen molar-refractivity contribution in [2.45, 2.75) is 6.92 Å². The minimum absolute atomic E-state index is 0.127. The predicted molar refractivity (Wildman–Crippen MR) is 108 cm³/mol. The highest BCUT2D eigenvalue weighted by atomic mass is 35.5. The van der Waals surface area contributed by atoms with Crippen molar-refractivity contribution >= 4 is 58.2 Å². The monoisotopic (exact) mass is 384 g/mol. The Balaban J connectivity index is 1.84. The number of aromatic nitrogens is 1. The third-order valence-electron chi connectivity index (χ3n) is 4.04. The maximum absolute atomic E-state index is 10.7. The first-order valence-corrected chi connectivity index (χ1v) is 9.22. The lowest BCUT2D eigenvalue weighted by molar-refractivity contribution is 0.441. The van der Waals surface area contributed by atoms with Crippen LogP contribution in [0.15, 0.2) is 53.5 Å². The molecule has 0 bridgehead atoms. The lowest BCUT2D eigenvalue weighted by Crippen LogP contribution is -1.93. The summed E-state index contributed by atoms with van der Waals surface area (Å²) in [6, 6.07) is 15.2. The van der Waals surface area contributed by atoms with Crippen molar-refractivity contribution < 1.29 is 5.11 Å². The molecule has 4 rings (SSSR count). The van der Waals surface area contributed by atoms with E-state index in [9.17, 15) is 5.11 Å². The number of halogens is 1. The minimum Gasteiger partial charge on any atom is -0.493 e. The summed E-state index contributed by atoms with van der Waals surface area (Å²) in [6.07, 6.45) is 1.95. The minimum atomic E-state index is 0.127. The van der Waals surface area contributed by atoms with Crippen LogP contribution in [0.2, 0.25) is 5.02 Å². The third kappa shape index (κ3) is 2.84. The quantitative estimate of drug-likeness (QED) is 0.528. The van der Waals surface area contributed by atoms with Crippen LogP contribution in [0, 0.1) is 3.95 Å². The van der Waals surface area contributed by atoms with E-state index in [0.717, 1.165) is 28.2 Å². The Kier molecular flexibility index (Phi) is 4.07. The van der Waals surface area contributed by atoms with Crippen LogP contribution in [0.25, 0.3) is 17.3 Å². The number of para-hydroxylation sites is 1. The van der Waals surface area contributed by atoms with Crippen LogP contribution in [0.4, 0.5) is 5.69 Å². The number of nitrogens with zero attached hydrogens (tertiary/aromatic N) is 2. The molecule has 0 saturated carbocycles. The fourth-order valence-electron chi connectivity index (χ4n) is 2.84. The first kappa shape index (κ1) is 16.3. The molecule has 0 aliphatic carbocycles. The number of hydrogen-bond donors (Lipinski definition) is 1. The zero-order valence-corrected chi connectivity index (χ0v) is 15.6. The normalized spacial score (nSPS) is 14.6. The molecule has 0 unspecified atom stereocenters. The Morgan fingerprint density at radius 2 is 1.88 bits per heavy atom. The topological polar surface area (TPSA) is 37.5 Å². The third-order valence-corrected chi connectivity index (χ3v) is 5.61. The summed E-state index contributed by atoms with van der Waals surface area (Å²) in [5.74, 6) is 0.127. The number of hydrogen-bond acceptors (Lipinski definition) is 4. The molecule has 1 aromatic heterocycles. The maximum atomic E-state index is 10.7. The van der Waals surface area contributed by atoms with Gasteiger partial charge in [0.2, 0.25) is 5.88 Å². The lowest BCUT2D eigenvalue weighted by atomic mass is 10.0. The van der Waals surface area contributed by atoms with E-state index in [2.05, 4.69) is 4.99 Å². The summed E-state index contributed by atoms with van der Waals surface area (Å²) < 4.78 is 2.23. The van der Waals surface area contributed by atoms with Crippen LogP contribution in [0.3, 0.4) is 0 Å². The first-order chi connectivity index (χ1) is 12.0. The largest absolute Gasteiger partial charge is 0.493 e. The number of aliphatic imine (C=N–C) groups is 1. The second-order valence-electron chi connectivity index (χ2n) is 5.64. The SMILES string of the molecule is CC1=Nc2ccccc2C1=Cc1sc(=S)n(-c2ccc(Cl)cc2)c1O. The van der Waals surface area contributed by atoms with Gasteiger partial charge in [-0.15, -0.1) is 11.3 Å². The summed E-state index contributed by atoms with van der Waals surface area (Å²) in [7, 11) is 0. The van der Waals surface area contributed by atoms with E-state index >= 15 is 0 Å². The smallest absolute Gasteiger partial charge is 0.215 e. The molecule has 2 aromatic carbocycles. The van der Waals surface area contributed by atoms with Crippen molar-refractivity contribution in [3.8, 4) is 11.6 Å². The highest BCUT2D eigenvalue weighted by Gasteiger charge is 2.19. The van der Waals surface area contributed by atoms with Gasteiger partial charge in [0.15, 0.2) is 3.95 Å². The van der Waals surface area contributed by atoms with E-state index in [0.29, 0.717) is 13.9 Å². The zero-order chi connectivity index (χ0) is 17.6. The highest BCUT2D eigenvalue weighted by Crippen LogP contribution is 2.39. The van der Waals surface area contributed by atoms with Crippen molar-refractivity contribution in [3.63, 3.8) is 0 Å². The van der Waals surface area contributed by atoms with Gasteiger partial charge in [-0.3, -0.25) is 9.56 Å². The predicted octanol–water partition coefficient (Wildman–Crippen LogP) is 6.27. The fourth-order valence-corrected chi connectivity index (χ4v) is 4.26. The van der Waals surface area contributed by atoms with Crippen LogP contribution in [-0.2, 0) is 0 Å². The van der Waals surface area contributed by atoms with Gasteiger partial charge in [-0.1, -0.05) is 29.8 Å². The Labute approximate surface area is 159 Å². The molecule has 0 atom stereocenters. The molecule has 1 N–H and O–H groups in total. The second-order valence-corrected chi connectivity index (χ2v) is 7.75. The Morgan fingerprint density at radius 1 is 1.16 bits per heavy atom. The fraction of sp³-hybridized carbons (Fsp3) is 0.0526. The molecule has 6 heteroatoms. The number of aromatic hydroxyl groups is 1. The van der Waals surface area contributed by atoms with Gasteiger partial charge in [-0.2, -0.15) is 0 Å².